The smallest absolute Gasteiger partial charge is 0.278 e. The number of hydroxylamine groups is 2. The molecule has 0 amide bonds. The standard InChI is InChI=1S/C7H14N2OS/c1-8-7(11)10-9-5-3-2-4-6-9/h2-6H2,1H3,(H,8,11). The molecule has 0 spiro atoms. The van der Waals surface area contributed by atoms with Crippen molar-refractivity contribution >= 4 is 17.4 Å². The normalized spacial score (nSPS) is 19.4. The number of hydrogen-bond donors (Lipinski definition) is 1. The van der Waals surface area contributed by atoms with E-state index < -0.39 is 0 Å². The molecule has 64 valence electrons. The lowest BCUT2D eigenvalue weighted by atomic mass is 10.2. The van der Waals surface area contributed by atoms with Crippen molar-refractivity contribution in [1.29, 1.82) is 0 Å². The van der Waals surface area contributed by atoms with Crippen molar-refractivity contribution in [3.05, 3.63) is 0 Å². The van der Waals surface area contributed by atoms with Crippen molar-refractivity contribution < 1.29 is 4.84 Å². The van der Waals surface area contributed by atoms with E-state index in [9.17, 15) is 0 Å². The van der Waals surface area contributed by atoms with E-state index in [2.05, 4.69) is 5.32 Å². The highest BCUT2D eigenvalue weighted by Crippen LogP contribution is 2.08. The zero-order valence-corrected chi connectivity index (χ0v) is 7.62. The first-order valence-corrected chi connectivity index (χ1v) is 4.38. The van der Waals surface area contributed by atoms with Crippen molar-refractivity contribution in [3.63, 3.8) is 0 Å². The molecule has 0 aromatic carbocycles. The van der Waals surface area contributed by atoms with Crippen LogP contribution < -0.4 is 5.32 Å². The van der Waals surface area contributed by atoms with Gasteiger partial charge in [0, 0.05) is 20.1 Å². The fourth-order valence-corrected chi connectivity index (χ4v) is 1.22. The van der Waals surface area contributed by atoms with Crippen LogP contribution in [-0.4, -0.2) is 30.4 Å². The second-order valence-corrected chi connectivity index (χ2v) is 2.99. The van der Waals surface area contributed by atoms with Crippen molar-refractivity contribution in [2.45, 2.75) is 19.3 Å². The molecule has 1 saturated heterocycles. The molecule has 1 aliphatic rings. The number of nitrogens with zero attached hydrogens (tertiary/aromatic N) is 1. The summed E-state index contributed by atoms with van der Waals surface area (Å²) in [5.74, 6) is 0. The Balaban J connectivity index is 2.19. The van der Waals surface area contributed by atoms with Crippen LogP contribution >= 0.6 is 12.2 Å². The summed E-state index contributed by atoms with van der Waals surface area (Å²) in [5.41, 5.74) is 0. The number of hydrogen-bond acceptors (Lipinski definition) is 3. The predicted octanol–water partition coefficient (Wildman–Crippen LogP) is 0.908. The third-order valence-corrected chi connectivity index (χ3v) is 2.01. The quantitative estimate of drug-likeness (QED) is 0.597. The number of rotatable bonds is 1. The first-order valence-electron chi connectivity index (χ1n) is 3.97. The van der Waals surface area contributed by atoms with Crippen LogP contribution in [0.1, 0.15) is 19.3 Å². The summed E-state index contributed by atoms with van der Waals surface area (Å²) in [4.78, 5) is 5.29. The molecule has 0 unspecified atom stereocenters. The molecule has 3 nitrogen and oxygen atoms in total. The van der Waals surface area contributed by atoms with Gasteiger partial charge in [0.2, 0.25) is 0 Å². The van der Waals surface area contributed by atoms with E-state index in [0.717, 1.165) is 13.1 Å². The lowest BCUT2D eigenvalue weighted by Crippen LogP contribution is -2.35. The topological polar surface area (TPSA) is 24.5 Å². The van der Waals surface area contributed by atoms with E-state index in [1.165, 1.54) is 19.3 Å². The largest absolute Gasteiger partial charge is 0.376 e. The molecule has 4 heteroatoms. The average molecular weight is 174 g/mol. The van der Waals surface area contributed by atoms with Crippen LogP contribution in [0.2, 0.25) is 0 Å². The van der Waals surface area contributed by atoms with Gasteiger partial charge in [0.25, 0.3) is 5.17 Å². The monoisotopic (exact) mass is 174 g/mol. The van der Waals surface area contributed by atoms with Gasteiger partial charge in [-0.15, -0.1) is 5.06 Å². The maximum Gasteiger partial charge on any atom is 0.278 e. The Kier molecular flexibility index (Phi) is 3.59. The van der Waals surface area contributed by atoms with Gasteiger partial charge < -0.3 is 10.2 Å². The molecule has 0 aliphatic carbocycles. The minimum Gasteiger partial charge on any atom is -0.376 e. The van der Waals surface area contributed by atoms with Crippen LogP contribution in [0.3, 0.4) is 0 Å². The van der Waals surface area contributed by atoms with Crippen LogP contribution in [-0.2, 0) is 4.84 Å². The Bertz CT molecular complexity index is 134. The van der Waals surface area contributed by atoms with Gasteiger partial charge in [0.15, 0.2) is 0 Å². The van der Waals surface area contributed by atoms with Gasteiger partial charge in [-0.3, -0.25) is 0 Å². The van der Waals surface area contributed by atoms with Crippen LogP contribution in [0.4, 0.5) is 0 Å². The van der Waals surface area contributed by atoms with Gasteiger partial charge in [-0.1, -0.05) is 6.42 Å². The minimum atomic E-state index is 0.465. The first kappa shape index (κ1) is 8.74. The van der Waals surface area contributed by atoms with Crippen molar-refractivity contribution in [2.24, 2.45) is 0 Å². The highest BCUT2D eigenvalue weighted by atomic mass is 32.1. The molecule has 0 saturated carbocycles. The van der Waals surface area contributed by atoms with Crippen molar-refractivity contribution in [3.8, 4) is 0 Å². The Morgan fingerprint density at radius 1 is 1.36 bits per heavy atom. The van der Waals surface area contributed by atoms with Crippen LogP contribution in [0.15, 0.2) is 0 Å². The Hall–Kier alpha value is -0.350. The van der Waals surface area contributed by atoms with E-state index in [-0.39, 0.29) is 0 Å². The molecular weight excluding hydrogens is 160 g/mol. The van der Waals surface area contributed by atoms with Crippen LogP contribution in [0.5, 0.6) is 0 Å². The second kappa shape index (κ2) is 4.51. The molecule has 11 heavy (non-hydrogen) atoms. The van der Waals surface area contributed by atoms with Gasteiger partial charge in [-0.25, -0.2) is 0 Å². The highest BCUT2D eigenvalue weighted by Gasteiger charge is 2.11. The van der Waals surface area contributed by atoms with Gasteiger partial charge >= 0.3 is 0 Å². The summed E-state index contributed by atoms with van der Waals surface area (Å²) >= 11 is 4.86. The molecular formula is C7H14N2OS. The van der Waals surface area contributed by atoms with E-state index >= 15 is 0 Å². The lowest BCUT2D eigenvalue weighted by molar-refractivity contribution is -0.0861. The fourth-order valence-electron chi connectivity index (χ4n) is 1.12. The summed E-state index contributed by atoms with van der Waals surface area (Å²) in [5, 5.41) is 5.16. The molecule has 1 aliphatic heterocycles. The van der Waals surface area contributed by atoms with E-state index in [1.807, 2.05) is 5.06 Å². The highest BCUT2D eigenvalue weighted by molar-refractivity contribution is 7.80. The third kappa shape index (κ3) is 3.03. The fraction of sp³-hybridized carbons (Fsp3) is 0.857. The zero-order valence-electron chi connectivity index (χ0n) is 6.80. The Morgan fingerprint density at radius 2 is 2.00 bits per heavy atom. The average Bonchev–Trinajstić information content (AvgIpc) is 2.06. The molecule has 1 heterocycles. The molecule has 0 atom stereocenters. The number of thiocarbonyl (C=S) groups is 1. The third-order valence-electron chi connectivity index (χ3n) is 1.73. The lowest BCUT2D eigenvalue weighted by Gasteiger charge is -2.25. The van der Waals surface area contributed by atoms with Gasteiger partial charge in [-0.2, -0.15) is 0 Å². The molecule has 1 N–H and O–H groups in total. The minimum absolute atomic E-state index is 0.465. The number of piperidine rings is 1. The Morgan fingerprint density at radius 3 is 2.55 bits per heavy atom. The van der Waals surface area contributed by atoms with Crippen molar-refractivity contribution in [2.75, 3.05) is 20.1 Å². The number of nitrogens with one attached hydrogen (secondary N) is 1. The summed E-state index contributed by atoms with van der Waals surface area (Å²) in [6, 6.07) is 0. The molecule has 1 rings (SSSR count). The summed E-state index contributed by atoms with van der Waals surface area (Å²) < 4.78 is 0. The molecule has 0 radical (unpaired) electrons. The molecule has 0 aromatic heterocycles. The summed E-state index contributed by atoms with van der Waals surface area (Å²) in [7, 11) is 1.77. The van der Waals surface area contributed by atoms with Crippen LogP contribution in [0.25, 0.3) is 0 Å². The van der Waals surface area contributed by atoms with E-state index in [0.29, 0.717) is 5.17 Å². The van der Waals surface area contributed by atoms with Gasteiger partial charge in [0.05, 0.1) is 0 Å². The predicted molar refractivity (Wildman–Crippen MR) is 48.2 cm³/mol. The van der Waals surface area contributed by atoms with Gasteiger partial charge in [-0.05, 0) is 25.1 Å². The molecule has 1 fully saturated rings. The molecule has 0 aromatic rings. The summed E-state index contributed by atoms with van der Waals surface area (Å²) in [6.07, 6.45) is 3.74. The molecule has 0 bridgehead atoms. The maximum absolute atomic E-state index is 5.29. The van der Waals surface area contributed by atoms with E-state index in [4.69, 9.17) is 17.1 Å². The summed E-state index contributed by atoms with van der Waals surface area (Å²) in [6.45, 7) is 2.00. The van der Waals surface area contributed by atoms with Crippen LogP contribution in [0, 0.1) is 0 Å². The Labute approximate surface area is 72.7 Å². The van der Waals surface area contributed by atoms with E-state index in [1.54, 1.807) is 7.05 Å². The van der Waals surface area contributed by atoms with Crippen molar-refractivity contribution in [1.82, 2.24) is 10.4 Å². The second-order valence-electron chi connectivity index (χ2n) is 2.62. The zero-order chi connectivity index (χ0) is 8.10. The maximum atomic E-state index is 5.29. The SMILES string of the molecule is CNC(=S)ON1CCCCC1. The van der Waals surface area contributed by atoms with Gasteiger partial charge in [0.1, 0.15) is 0 Å². The first-order chi connectivity index (χ1) is 5.33.